The second-order valence-corrected chi connectivity index (χ2v) is 9.05. The van der Waals surface area contributed by atoms with Gasteiger partial charge in [0, 0.05) is 41.0 Å². The van der Waals surface area contributed by atoms with Crippen molar-refractivity contribution in [1.82, 2.24) is 19.9 Å². The number of rotatable bonds is 6. The average molecular weight is 468 g/mol. The summed E-state index contributed by atoms with van der Waals surface area (Å²) in [5.41, 5.74) is 6.34. The molecular weight excluding hydrogens is 442 g/mol. The van der Waals surface area contributed by atoms with Gasteiger partial charge in [-0.2, -0.15) is 0 Å². The van der Waals surface area contributed by atoms with E-state index >= 15 is 0 Å². The summed E-state index contributed by atoms with van der Waals surface area (Å²) in [6.45, 7) is 3.58. The van der Waals surface area contributed by atoms with Crippen LogP contribution in [0.15, 0.2) is 48.9 Å². The van der Waals surface area contributed by atoms with Gasteiger partial charge in [0.15, 0.2) is 0 Å². The Morgan fingerprint density at radius 2 is 1.86 bits per heavy atom. The molecule has 1 aromatic carbocycles. The summed E-state index contributed by atoms with van der Waals surface area (Å²) >= 11 is 0. The van der Waals surface area contributed by atoms with Crippen LogP contribution in [0.5, 0.6) is 5.88 Å². The van der Waals surface area contributed by atoms with Gasteiger partial charge in [-0.3, -0.25) is 9.78 Å². The molecule has 1 aliphatic carbocycles. The molecule has 35 heavy (non-hydrogen) atoms. The first-order valence-electron chi connectivity index (χ1n) is 11.7. The Morgan fingerprint density at radius 1 is 1.06 bits per heavy atom. The number of fused-ring (bicyclic) bond motifs is 3. The van der Waals surface area contributed by atoms with E-state index in [1.165, 1.54) is 11.1 Å². The molecule has 0 atom stereocenters. The molecule has 1 aliphatic heterocycles. The van der Waals surface area contributed by atoms with Crippen molar-refractivity contribution < 1.29 is 14.3 Å². The molecule has 4 heterocycles. The van der Waals surface area contributed by atoms with Gasteiger partial charge in [0.25, 0.3) is 5.91 Å². The van der Waals surface area contributed by atoms with Crippen LogP contribution in [-0.2, 0) is 24.5 Å². The van der Waals surface area contributed by atoms with E-state index in [9.17, 15) is 4.79 Å². The van der Waals surface area contributed by atoms with E-state index in [0.29, 0.717) is 42.8 Å². The summed E-state index contributed by atoms with van der Waals surface area (Å²) in [5, 5.41) is 1.10. The SMILES string of the molecule is COc1ccc(N(Cc2ccc3c4c(c(C)nc3c2)COC4)C(=O)c2cnc(C3CC3)nc2)cn1. The fraction of sp³-hybridized carbons (Fsp3) is 0.296. The monoisotopic (exact) mass is 467 g/mol. The van der Waals surface area contributed by atoms with Gasteiger partial charge in [-0.1, -0.05) is 12.1 Å². The first-order chi connectivity index (χ1) is 17.1. The number of nitrogens with zero attached hydrogens (tertiary/aromatic N) is 5. The maximum absolute atomic E-state index is 13.6. The van der Waals surface area contributed by atoms with Gasteiger partial charge in [0.2, 0.25) is 5.88 Å². The van der Waals surface area contributed by atoms with Crippen molar-refractivity contribution in [2.45, 2.75) is 45.4 Å². The van der Waals surface area contributed by atoms with Crippen LogP contribution in [-0.4, -0.2) is 33.0 Å². The van der Waals surface area contributed by atoms with Gasteiger partial charge in [-0.25, -0.2) is 15.0 Å². The Morgan fingerprint density at radius 3 is 2.57 bits per heavy atom. The van der Waals surface area contributed by atoms with E-state index < -0.39 is 0 Å². The smallest absolute Gasteiger partial charge is 0.261 e. The molecule has 1 amide bonds. The minimum Gasteiger partial charge on any atom is -0.481 e. The molecule has 1 fully saturated rings. The molecule has 0 unspecified atom stereocenters. The van der Waals surface area contributed by atoms with Crippen LogP contribution < -0.4 is 9.64 Å². The minimum atomic E-state index is -0.189. The Balaban J connectivity index is 1.35. The number of hydrogen-bond donors (Lipinski definition) is 0. The van der Waals surface area contributed by atoms with E-state index in [2.05, 4.69) is 21.0 Å². The molecule has 1 saturated carbocycles. The normalized spacial score (nSPS) is 14.7. The standard InChI is InChI=1S/C27H25N5O3/c1-16-22-14-35-15-23(22)21-7-3-17(9-24(21)31-16)13-32(20-6-8-25(34-2)28-12-20)27(33)19-10-29-26(30-11-19)18-4-5-18/h3,6-12,18H,4-5,13-15H2,1-2H3. The van der Waals surface area contributed by atoms with Crippen LogP contribution in [0, 0.1) is 6.92 Å². The van der Waals surface area contributed by atoms with E-state index in [-0.39, 0.29) is 5.91 Å². The van der Waals surface area contributed by atoms with Crippen molar-refractivity contribution in [3.63, 3.8) is 0 Å². The number of pyridine rings is 2. The van der Waals surface area contributed by atoms with Crippen LogP contribution in [0.3, 0.4) is 0 Å². The largest absolute Gasteiger partial charge is 0.481 e. The Kier molecular flexibility index (Phi) is 5.37. The predicted molar refractivity (Wildman–Crippen MR) is 130 cm³/mol. The van der Waals surface area contributed by atoms with Crippen molar-refractivity contribution in [1.29, 1.82) is 0 Å². The number of hydrogen-bond acceptors (Lipinski definition) is 7. The number of carbonyl (C=O) groups is 1. The summed E-state index contributed by atoms with van der Waals surface area (Å²) in [4.78, 5) is 33.3. The number of carbonyl (C=O) groups excluding carboxylic acids is 1. The topological polar surface area (TPSA) is 90.3 Å². The van der Waals surface area contributed by atoms with E-state index in [4.69, 9.17) is 14.5 Å². The highest BCUT2D eigenvalue weighted by Gasteiger charge is 2.27. The fourth-order valence-electron chi connectivity index (χ4n) is 4.54. The van der Waals surface area contributed by atoms with Gasteiger partial charge in [0.05, 0.1) is 49.8 Å². The van der Waals surface area contributed by atoms with Crippen molar-refractivity contribution in [3.05, 3.63) is 82.7 Å². The lowest BCUT2D eigenvalue weighted by Gasteiger charge is -2.23. The number of aryl methyl sites for hydroxylation is 1. The zero-order valence-electron chi connectivity index (χ0n) is 19.7. The molecule has 0 spiro atoms. The zero-order chi connectivity index (χ0) is 23.9. The van der Waals surface area contributed by atoms with Gasteiger partial charge in [-0.15, -0.1) is 0 Å². The molecule has 0 saturated heterocycles. The number of aromatic nitrogens is 4. The first kappa shape index (κ1) is 21.6. The summed E-state index contributed by atoms with van der Waals surface area (Å²) < 4.78 is 10.9. The van der Waals surface area contributed by atoms with Crippen LogP contribution in [0.25, 0.3) is 10.9 Å². The minimum absolute atomic E-state index is 0.189. The molecule has 0 N–H and O–H groups in total. The van der Waals surface area contributed by atoms with Crippen LogP contribution in [0.4, 0.5) is 5.69 Å². The summed E-state index contributed by atoms with van der Waals surface area (Å²) in [6.07, 6.45) is 7.12. The molecule has 8 heteroatoms. The van der Waals surface area contributed by atoms with Crippen molar-refractivity contribution in [2.24, 2.45) is 0 Å². The molecule has 2 aliphatic rings. The fourth-order valence-corrected chi connectivity index (χ4v) is 4.54. The van der Waals surface area contributed by atoms with Gasteiger partial charge in [0.1, 0.15) is 5.82 Å². The second-order valence-electron chi connectivity index (χ2n) is 9.05. The Bertz CT molecular complexity index is 1420. The van der Waals surface area contributed by atoms with Gasteiger partial charge >= 0.3 is 0 Å². The molecule has 176 valence electrons. The number of amides is 1. The maximum Gasteiger partial charge on any atom is 0.261 e. The highest BCUT2D eigenvalue weighted by Crippen LogP contribution is 2.37. The molecule has 0 bridgehead atoms. The van der Waals surface area contributed by atoms with Crippen molar-refractivity contribution in [3.8, 4) is 5.88 Å². The molecule has 0 radical (unpaired) electrons. The van der Waals surface area contributed by atoms with Crippen LogP contribution in [0.2, 0.25) is 0 Å². The van der Waals surface area contributed by atoms with Gasteiger partial charge in [-0.05, 0) is 43.0 Å². The average Bonchev–Trinajstić information content (AvgIpc) is 3.62. The number of anilines is 1. The Labute approximate surface area is 203 Å². The molecule has 4 aromatic rings. The van der Waals surface area contributed by atoms with E-state index in [1.54, 1.807) is 36.7 Å². The third-order valence-corrected chi connectivity index (χ3v) is 6.66. The predicted octanol–water partition coefficient (Wildman–Crippen LogP) is 4.49. The lowest BCUT2D eigenvalue weighted by molar-refractivity contribution is 0.0984. The quantitative estimate of drug-likeness (QED) is 0.413. The summed E-state index contributed by atoms with van der Waals surface area (Å²) in [6, 6.07) is 9.74. The zero-order valence-corrected chi connectivity index (χ0v) is 19.7. The molecule has 8 nitrogen and oxygen atoms in total. The molecule has 6 rings (SSSR count). The van der Waals surface area contributed by atoms with Crippen LogP contribution >= 0.6 is 0 Å². The number of methoxy groups -OCH3 is 1. The number of benzene rings is 1. The second kappa shape index (κ2) is 8.70. The Hall–Kier alpha value is -3.91. The van der Waals surface area contributed by atoms with Crippen LogP contribution in [0.1, 0.15) is 57.3 Å². The lowest BCUT2D eigenvalue weighted by Crippen LogP contribution is -2.31. The maximum atomic E-state index is 13.6. The number of ether oxygens (including phenoxy) is 2. The summed E-state index contributed by atoms with van der Waals surface area (Å²) in [5.74, 6) is 1.54. The van der Waals surface area contributed by atoms with E-state index in [1.807, 2.05) is 25.1 Å². The molecule has 3 aromatic heterocycles. The van der Waals surface area contributed by atoms with Crippen molar-refractivity contribution >= 4 is 22.5 Å². The third kappa shape index (κ3) is 4.10. The highest BCUT2D eigenvalue weighted by molar-refractivity contribution is 6.05. The van der Waals surface area contributed by atoms with Crippen molar-refractivity contribution in [2.75, 3.05) is 12.0 Å². The van der Waals surface area contributed by atoms with Gasteiger partial charge < -0.3 is 14.4 Å². The van der Waals surface area contributed by atoms with E-state index in [0.717, 1.165) is 40.8 Å². The lowest BCUT2D eigenvalue weighted by atomic mass is 10.0. The third-order valence-electron chi connectivity index (χ3n) is 6.66. The molecular formula is C27H25N5O3. The highest BCUT2D eigenvalue weighted by atomic mass is 16.5. The first-order valence-corrected chi connectivity index (χ1v) is 11.7. The summed E-state index contributed by atoms with van der Waals surface area (Å²) in [7, 11) is 1.57.